The van der Waals surface area contributed by atoms with Gasteiger partial charge in [-0.1, -0.05) is 30.3 Å². The van der Waals surface area contributed by atoms with Crippen LogP contribution in [-0.2, 0) is 35.3 Å². The second kappa shape index (κ2) is 15.2. The monoisotopic (exact) mass is 620 g/mol. The van der Waals surface area contributed by atoms with Gasteiger partial charge in [-0.25, -0.2) is 13.6 Å². The van der Waals surface area contributed by atoms with Crippen LogP contribution in [0.3, 0.4) is 0 Å². The molecule has 1 amide bonds. The van der Waals surface area contributed by atoms with E-state index in [1.807, 2.05) is 26.8 Å². The van der Waals surface area contributed by atoms with E-state index in [-0.39, 0.29) is 17.7 Å². The molecule has 2 unspecified atom stereocenters. The Bertz CT molecular complexity index is 1390. The second-order valence-corrected chi connectivity index (χ2v) is 13.2. The minimum Gasteiger partial charge on any atom is -0.445 e. The molecule has 3 aromatic rings. The van der Waals surface area contributed by atoms with Crippen LogP contribution in [0, 0.1) is 11.6 Å². The summed E-state index contributed by atoms with van der Waals surface area (Å²) in [6.07, 6.45) is 0.980. The third-order valence-electron chi connectivity index (χ3n) is 8.37. The molecule has 2 heterocycles. The molecule has 2 aliphatic rings. The highest BCUT2D eigenvalue weighted by Gasteiger charge is 2.30. The van der Waals surface area contributed by atoms with Crippen molar-refractivity contribution in [1.29, 1.82) is 0 Å². The predicted octanol–water partition coefficient (Wildman–Crippen LogP) is 5.81. The number of carbonyl (C=O) groups excluding carboxylic acids is 1. The van der Waals surface area contributed by atoms with Gasteiger partial charge in [-0.3, -0.25) is 9.80 Å². The topological polar surface area (TPSA) is 66.1 Å². The highest BCUT2D eigenvalue weighted by molar-refractivity contribution is 5.68. The third-order valence-corrected chi connectivity index (χ3v) is 8.37. The number of ether oxygens (including phenoxy) is 2. The summed E-state index contributed by atoms with van der Waals surface area (Å²) in [7, 11) is 0. The summed E-state index contributed by atoms with van der Waals surface area (Å²) < 4.78 is 39.3. The molecule has 0 aromatic heterocycles. The third kappa shape index (κ3) is 10.2. The maximum atomic E-state index is 14.2. The molecule has 3 aromatic carbocycles. The van der Waals surface area contributed by atoms with Crippen molar-refractivity contribution >= 4 is 11.8 Å². The van der Waals surface area contributed by atoms with Gasteiger partial charge < -0.3 is 20.1 Å². The van der Waals surface area contributed by atoms with Crippen LogP contribution in [0.2, 0.25) is 0 Å². The molecule has 0 spiro atoms. The summed E-state index contributed by atoms with van der Waals surface area (Å²) in [5.41, 5.74) is 4.74. The summed E-state index contributed by atoms with van der Waals surface area (Å²) >= 11 is 0. The first-order chi connectivity index (χ1) is 21.6. The number of alkyl carbamates (subject to hydrolysis) is 1. The normalized spacial score (nSPS) is 18.2. The Kier molecular flexibility index (Phi) is 11.1. The van der Waals surface area contributed by atoms with Gasteiger partial charge in [-0.15, -0.1) is 0 Å². The second-order valence-electron chi connectivity index (χ2n) is 13.2. The summed E-state index contributed by atoms with van der Waals surface area (Å²) in [5, 5.41) is 6.44. The van der Waals surface area contributed by atoms with Crippen LogP contribution in [0.15, 0.2) is 66.7 Å². The number of carbonyl (C=O) groups is 1. The van der Waals surface area contributed by atoms with Crippen LogP contribution >= 0.6 is 0 Å². The van der Waals surface area contributed by atoms with E-state index in [9.17, 15) is 13.6 Å². The fraction of sp³-hybridized carbons (Fsp3) is 0.472. The standard InChI is InChI=1S/C36H46F2N4O3/c1-36(2,3)40-35(43)45-34(21-27-6-12-32(13-7-27)39-14-15-41-16-18-44-19-17-41)25-42-24-28-8-11-31(38)22-29(28)23-33(42)20-26-4-9-30(37)10-5-26/h4-13,22,33-34,39H,14-21,23-25H2,1-3H3,(H,40,43). The molecular formula is C36H46F2N4O3. The van der Waals surface area contributed by atoms with E-state index >= 15 is 0 Å². The van der Waals surface area contributed by atoms with Gasteiger partial charge in [0.2, 0.25) is 0 Å². The molecule has 0 radical (unpaired) electrons. The largest absolute Gasteiger partial charge is 0.445 e. The molecule has 45 heavy (non-hydrogen) atoms. The fourth-order valence-electron chi connectivity index (χ4n) is 6.07. The molecule has 2 aliphatic heterocycles. The minimum atomic E-state index is -0.455. The van der Waals surface area contributed by atoms with Crippen LogP contribution in [0.1, 0.15) is 43.0 Å². The van der Waals surface area contributed by atoms with Gasteiger partial charge in [0.1, 0.15) is 17.7 Å². The summed E-state index contributed by atoms with van der Waals surface area (Å²) in [4.78, 5) is 17.7. The number of morpholine rings is 1. The molecule has 242 valence electrons. The molecule has 5 rings (SSSR count). The molecule has 2 N–H and O–H groups in total. The zero-order valence-electron chi connectivity index (χ0n) is 26.7. The first kappa shape index (κ1) is 32.9. The van der Waals surface area contributed by atoms with Crippen molar-refractivity contribution in [2.24, 2.45) is 0 Å². The molecule has 0 bridgehead atoms. The number of rotatable bonds is 11. The number of anilines is 1. The lowest BCUT2D eigenvalue weighted by Crippen LogP contribution is -2.48. The fourth-order valence-corrected chi connectivity index (χ4v) is 6.07. The maximum Gasteiger partial charge on any atom is 0.407 e. The lowest BCUT2D eigenvalue weighted by Gasteiger charge is -2.39. The molecule has 0 saturated carbocycles. The van der Waals surface area contributed by atoms with Crippen LogP contribution < -0.4 is 10.6 Å². The van der Waals surface area contributed by atoms with E-state index in [1.165, 1.54) is 18.2 Å². The van der Waals surface area contributed by atoms with E-state index in [0.29, 0.717) is 32.4 Å². The lowest BCUT2D eigenvalue weighted by atomic mass is 9.89. The van der Waals surface area contributed by atoms with Crippen molar-refractivity contribution < 1.29 is 23.0 Å². The molecule has 0 aliphatic carbocycles. The Balaban J connectivity index is 1.29. The van der Waals surface area contributed by atoms with Crippen molar-refractivity contribution in [2.45, 2.75) is 64.3 Å². The molecular weight excluding hydrogens is 574 g/mol. The van der Waals surface area contributed by atoms with E-state index in [1.54, 1.807) is 18.2 Å². The predicted molar refractivity (Wildman–Crippen MR) is 173 cm³/mol. The number of hydrogen-bond acceptors (Lipinski definition) is 6. The van der Waals surface area contributed by atoms with Crippen molar-refractivity contribution in [1.82, 2.24) is 15.1 Å². The van der Waals surface area contributed by atoms with Crippen molar-refractivity contribution in [3.8, 4) is 0 Å². The lowest BCUT2D eigenvalue weighted by molar-refractivity contribution is 0.0398. The molecule has 9 heteroatoms. The van der Waals surface area contributed by atoms with E-state index in [2.05, 4.69) is 44.7 Å². The van der Waals surface area contributed by atoms with Crippen LogP contribution in [0.4, 0.5) is 19.3 Å². The molecule has 2 atom stereocenters. The number of nitrogens with zero attached hydrogens (tertiary/aromatic N) is 2. The van der Waals surface area contributed by atoms with Gasteiger partial charge in [-0.05, 0) is 92.3 Å². The van der Waals surface area contributed by atoms with Crippen molar-refractivity contribution in [3.63, 3.8) is 0 Å². The highest BCUT2D eigenvalue weighted by Crippen LogP contribution is 2.28. The van der Waals surface area contributed by atoms with Crippen LogP contribution in [0.25, 0.3) is 0 Å². The molecule has 7 nitrogen and oxygen atoms in total. The highest BCUT2D eigenvalue weighted by atomic mass is 19.1. The zero-order valence-corrected chi connectivity index (χ0v) is 26.7. The number of benzene rings is 3. The van der Waals surface area contributed by atoms with Crippen molar-refractivity contribution in [2.75, 3.05) is 51.3 Å². The summed E-state index contributed by atoms with van der Waals surface area (Å²) in [6.45, 7) is 12.2. The van der Waals surface area contributed by atoms with Crippen LogP contribution in [0.5, 0.6) is 0 Å². The summed E-state index contributed by atoms with van der Waals surface area (Å²) in [6, 6.07) is 19.8. The Morgan fingerprint density at radius 3 is 2.36 bits per heavy atom. The minimum absolute atomic E-state index is 0.0274. The summed E-state index contributed by atoms with van der Waals surface area (Å²) in [5.74, 6) is -0.523. The first-order valence-electron chi connectivity index (χ1n) is 16.0. The average molecular weight is 621 g/mol. The average Bonchev–Trinajstić information content (AvgIpc) is 2.99. The van der Waals surface area contributed by atoms with Gasteiger partial charge >= 0.3 is 6.09 Å². The quantitative estimate of drug-likeness (QED) is 0.282. The first-order valence-corrected chi connectivity index (χ1v) is 16.0. The van der Waals surface area contributed by atoms with Crippen LogP contribution in [-0.4, -0.2) is 79.5 Å². The maximum absolute atomic E-state index is 14.2. The number of amides is 1. The Hall–Kier alpha value is -3.53. The van der Waals surface area contributed by atoms with Gasteiger partial charge in [0.25, 0.3) is 0 Å². The smallest absolute Gasteiger partial charge is 0.407 e. The SMILES string of the molecule is CC(C)(C)NC(=O)OC(Cc1ccc(NCCN2CCOCC2)cc1)CN1Cc2ccc(F)cc2CC1Cc1ccc(F)cc1. The Morgan fingerprint density at radius 1 is 0.956 bits per heavy atom. The van der Waals surface area contributed by atoms with E-state index < -0.39 is 17.7 Å². The van der Waals surface area contributed by atoms with E-state index in [0.717, 1.165) is 67.3 Å². The van der Waals surface area contributed by atoms with Gasteiger partial charge in [0.15, 0.2) is 0 Å². The molecule has 1 fully saturated rings. The van der Waals surface area contributed by atoms with Gasteiger partial charge in [-0.2, -0.15) is 0 Å². The van der Waals surface area contributed by atoms with Crippen molar-refractivity contribution in [3.05, 3.63) is 101 Å². The van der Waals surface area contributed by atoms with E-state index in [4.69, 9.17) is 9.47 Å². The number of nitrogens with one attached hydrogen (secondary N) is 2. The number of hydrogen-bond donors (Lipinski definition) is 2. The van der Waals surface area contributed by atoms with Gasteiger partial charge in [0.05, 0.1) is 13.2 Å². The van der Waals surface area contributed by atoms with Gasteiger partial charge in [0, 0.05) is 63.0 Å². The number of fused-ring (bicyclic) bond motifs is 1. The Labute approximate surface area is 265 Å². The Morgan fingerprint density at radius 2 is 1.64 bits per heavy atom. The number of halogens is 2. The molecule has 1 saturated heterocycles. The zero-order chi connectivity index (χ0) is 31.8.